The van der Waals surface area contributed by atoms with Crippen molar-refractivity contribution >= 4 is 17.0 Å². The molecule has 2 aromatic carbocycles. The van der Waals surface area contributed by atoms with E-state index in [1.165, 1.54) is 9.47 Å². The van der Waals surface area contributed by atoms with Gasteiger partial charge in [-0.25, -0.2) is 4.79 Å². The third-order valence-corrected chi connectivity index (χ3v) is 7.85. The number of alkyl halides is 3. The van der Waals surface area contributed by atoms with Crippen LogP contribution in [0.4, 0.5) is 19.0 Å². The first kappa shape index (κ1) is 28.1. The zero-order valence-electron chi connectivity index (χ0n) is 23.4. The summed E-state index contributed by atoms with van der Waals surface area (Å²) in [5.74, 6) is 1.20. The zero-order valence-corrected chi connectivity index (χ0v) is 23.4. The van der Waals surface area contributed by atoms with E-state index in [-0.39, 0.29) is 24.8 Å². The van der Waals surface area contributed by atoms with E-state index in [9.17, 15) is 18.0 Å². The van der Waals surface area contributed by atoms with Crippen LogP contribution in [0.25, 0.3) is 11.2 Å². The molecule has 4 bridgehead atoms. The van der Waals surface area contributed by atoms with Crippen LogP contribution in [-0.4, -0.2) is 57.4 Å². The smallest absolute Gasteiger partial charge is 0.401 e. The lowest BCUT2D eigenvalue weighted by Crippen LogP contribution is -2.38. The Hall–Kier alpha value is -4.06. The number of ether oxygens (including phenoxy) is 2. The third kappa shape index (κ3) is 6.23. The van der Waals surface area contributed by atoms with E-state index in [2.05, 4.69) is 26.3 Å². The van der Waals surface area contributed by atoms with Crippen LogP contribution in [0.15, 0.2) is 41.2 Å². The van der Waals surface area contributed by atoms with Crippen LogP contribution < -0.4 is 20.5 Å². The Morgan fingerprint density at radius 2 is 1.86 bits per heavy atom. The molecular formula is C30H33F3N6O3. The highest BCUT2D eigenvalue weighted by atomic mass is 19.4. The molecule has 0 amide bonds. The SMILES string of the molecule is COc1ccc(CNc2nc3nc4c2[nH]c(=O)n4Cc2cc(c4c(c2)CN(CC(F)(F)F)CC4)CCCCCO3)cc1. The number of anilines is 1. The van der Waals surface area contributed by atoms with Gasteiger partial charge in [0.15, 0.2) is 11.5 Å². The molecule has 6 rings (SSSR count). The number of aromatic amines is 1. The van der Waals surface area contributed by atoms with E-state index < -0.39 is 12.7 Å². The fourth-order valence-corrected chi connectivity index (χ4v) is 5.84. The summed E-state index contributed by atoms with van der Waals surface area (Å²) in [4.78, 5) is 26.8. The maximum Gasteiger partial charge on any atom is 0.401 e. The summed E-state index contributed by atoms with van der Waals surface area (Å²) >= 11 is 0. The Bertz CT molecular complexity index is 1630. The fraction of sp³-hybridized carbons (Fsp3) is 0.433. The lowest BCUT2D eigenvalue weighted by Gasteiger charge is -2.31. The van der Waals surface area contributed by atoms with Gasteiger partial charge in [0.2, 0.25) is 0 Å². The number of hydrogen-bond donors (Lipinski definition) is 2. The van der Waals surface area contributed by atoms with Crippen LogP contribution in [0.3, 0.4) is 0 Å². The van der Waals surface area contributed by atoms with Gasteiger partial charge in [0.1, 0.15) is 11.3 Å². The molecule has 2 aliphatic heterocycles. The number of fused-ring (bicyclic) bond motifs is 5. The summed E-state index contributed by atoms with van der Waals surface area (Å²) in [5.41, 5.74) is 5.55. The second kappa shape index (κ2) is 11.7. The number of halogens is 3. The van der Waals surface area contributed by atoms with Crippen molar-refractivity contribution in [1.29, 1.82) is 0 Å². The van der Waals surface area contributed by atoms with E-state index in [0.29, 0.717) is 43.1 Å². The predicted octanol–water partition coefficient (Wildman–Crippen LogP) is 4.81. The fourth-order valence-electron chi connectivity index (χ4n) is 5.84. The molecule has 2 N–H and O–H groups in total. The summed E-state index contributed by atoms with van der Waals surface area (Å²) in [6.07, 6.45) is -0.182. The van der Waals surface area contributed by atoms with Gasteiger partial charge in [-0.1, -0.05) is 24.3 Å². The number of H-pyrrole nitrogens is 1. The first-order valence-corrected chi connectivity index (χ1v) is 14.2. The monoisotopic (exact) mass is 582 g/mol. The molecular weight excluding hydrogens is 549 g/mol. The molecule has 12 heteroatoms. The minimum atomic E-state index is -4.25. The van der Waals surface area contributed by atoms with Crippen molar-refractivity contribution in [3.63, 3.8) is 0 Å². The van der Waals surface area contributed by atoms with E-state index in [1.54, 1.807) is 7.11 Å². The molecule has 0 saturated heterocycles. The molecule has 0 atom stereocenters. The average molecular weight is 583 g/mol. The standard InChI is InChI=1S/C30H33F3N6O3/c1-41-23-8-6-19(7-9-23)15-34-26-25-27-37-28(36-26)42-12-4-2-3-5-21-13-20(16-39(27)29(40)35-25)14-22-17-38(11-10-24(21)22)18-30(31,32)33/h6-9,13-14H,2-5,10-12,15-18H2,1H3,(H,35,40)(H,34,36,37). The average Bonchev–Trinajstić information content (AvgIpc) is 3.27. The Labute approximate surface area is 240 Å². The van der Waals surface area contributed by atoms with Crippen LogP contribution in [-0.2, 0) is 32.5 Å². The Kier molecular flexibility index (Phi) is 7.80. The van der Waals surface area contributed by atoms with Gasteiger partial charge in [-0.15, -0.1) is 0 Å². The van der Waals surface area contributed by atoms with E-state index in [4.69, 9.17) is 9.47 Å². The highest BCUT2D eigenvalue weighted by Crippen LogP contribution is 2.30. The molecule has 0 spiro atoms. The maximum absolute atomic E-state index is 13.3. The molecule has 0 radical (unpaired) electrons. The number of nitrogens with zero attached hydrogens (tertiary/aromatic N) is 4. The van der Waals surface area contributed by atoms with Gasteiger partial charge >= 0.3 is 17.9 Å². The first-order valence-electron chi connectivity index (χ1n) is 14.2. The number of methoxy groups -OCH3 is 1. The zero-order chi connectivity index (χ0) is 29.3. The molecule has 0 unspecified atom stereocenters. The molecule has 4 aromatic rings. The van der Waals surface area contributed by atoms with E-state index >= 15 is 0 Å². The normalized spacial score (nSPS) is 16.1. The quantitative estimate of drug-likeness (QED) is 0.349. The Morgan fingerprint density at radius 1 is 1.05 bits per heavy atom. The van der Waals surface area contributed by atoms with Gasteiger partial charge in [-0.2, -0.15) is 23.1 Å². The summed E-state index contributed by atoms with van der Waals surface area (Å²) < 4.78 is 52.2. The molecule has 222 valence electrons. The maximum atomic E-state index is 13.3. The summed E-state index contributed by atoms with van der Waals surface area (Å²) in [6, 6.07) is 11.9. The molecule has 42 heavy (non-hydrogen) atoms. The molecule has 9 nitrogen and oxygen atoms in total. The molecule has 0 fully saturated rings. The largest absolute Gasteiger partial charge is 0.497 e. The minimum Gasteiger partial charge on any atom is -0.497 e. The van der Waals surface area contributed by atoms with Crippen LogP contribution in [0, 0.1) is 0 Å². The molecule has 0 saturated carbocycles. The van der Waals surface area contributed by atoms with Crippen molar-refractivity contribution in [2.24, 2.45) is 0 Å². The summed E-state index contributed by atoms with van der Waals surface area (Å²) in [5, 5.41) is 3.31. The minimum absolute atomic E-state index is 0.179. The summed E-state index contributed by atoms with van der Waals surface area (Å²) in [6.45, 7) is 0.777. The van der Waals surface area contributed by atoms with Crippen LogP contribution in [0.2, 0.25) is 0 Å². The van der Waals surface area contributed by atoms with Crippen LogP contribution >= 0.6 is 0 Å². The lowest BCUT2D eigenvalue weighted by molar-refractivity contribution is -0.147. The van der Waals surface area contributed by atoms with Crippen molar-refractivity contribution in [3.05, 3.63) is 74.7 Å². The second-order valence-corrected chi connectivity index (χ2v) is 10.9. The molecule has 0 aliphatic carbocycles. The van der Waals surface area contributed by atoms with Crippen molar-refractivity contribution in [1.82, 2.24) is 24.4 Å². The highest BCUT2D eigenvalue weighted by molar-refractivity contribution is 5.83. The van der Waals surface area contributed by atoms with Gasteiger partial charge in [0.05, 0.1) is 26.8 Å². The van der Waals surface area contributed by atoms with Crippen LogP contribution in [0.1, 0.15) is 47.1 Å². The van der Waals surface area contributed by atoms with Gasteiger partial charge < -0.3 is 19.8 Å². The van der Waals surface area contributed by atoms with Crippen molar-refractivity contribution < 1.29 is 22.6 Å². The Morgan fingerprint density at radius 3 is 2.64 bits per heavy atom. The lowest BCUT2D eigenvalue weighted by atomic mass is 9.89. The number of aromatic nitrogens is 4. The van der Waals surface area contributed by atoms with Crippen LogP contribution in [0.5, 0.6) is 11.8 Å². The number of benzene rings is 2. The number of aryl methyl sites for hydroxylation is 1. The number of rotatable bonds is 5. The molecule has 2 aliphatic rings. The second-order valence-electron chi connectivity index (χ2n) is 10.9. The highest BCUT2D eigenvalue weighted by Gasteiger charge is 2.32. The topological polar surface area (TPSA) is 97.3 Å². The number of nitrogens with one attached hydrogen (secondary N) is 2. The van der Waals surface area contributed by atoms with Crippen molar-refractivity contribution in [2.45, 2.75) is 57.9 Å². The number of imidazole rings is 1. The number of hydrogen-bond acceptors (Lipinski definition) is 7. The molecule has 4 heterocycles. The first-order chi connectivity index (χ1) is 20.3. The predicted molar refractivity (Wildman–Crippen MR) is 152 cm³/mol. The van der Waals surface area contributed by atoms with Gasteiger partial charge in [0.25, 0.3) is 0 Å². The van der Waals surface area contributed by atoms with E-state index in [0.717, 1.165) is 59.3 Å². The van der Waals surface area contributed by atoms with Gasteiger partial charge in [0, 0.05) is 19.6 Å². The Balaban J connectivity index is 1.36. The van der Waals surface area contributed by atoms with Gasteiger partial charge in [-0.3, -0.25) is 9.47 Å². The van der Waals surface area contributed by atoms with Crippen molar-refractivity contribution in [2.75, 3.05) is 32.1 Å². The van der Waals surface area contributed by atoms with Crippen molar-refractivity contribution in [3.8, 4) is 11.8 Å². The van der Waals surface area contributed by atoms with Gasteiger partial charge in [-0.05, 0) is 72.1 Å². The molecule has 2 aromatic heterocycles. The third-order valence-electron chi connectivity index (χ3n) is 7.85. The summed E-state index contributed by atoms with van der Waals surface area (Å²) in [7, 11) is 1.61. The van der Waals surface area contributed by atoms with E-state index in [1.807, 2.05) is 30.3 Å².